The Kier molecular flexibility index (Phi) is 6.74. The molecule has 168 valence electrons. The predicted octanol–water partition coefficient (Wildman–Crippen LogP) is 4.56. The van der Waals surface area contributed by atoms with Crippen molar-refractivity contribution in [2.45, 2.75) is 57.1 Å². The summed E-state index contributed by atoms with van der Waals surface area (Å²) in [6, 6.07) is 13.5. The van der Waals surface area contributed by atoms with Gasteiger partial charge < -0.3 is 14.4 Å². The van der Waals surface area contributed by atoms with E-state index in [0.29, 0.717) is 6.54 Å². The van der Waals surface area contributed by atoms with Crippen LogP contribution < -0.4 is 0 Å². The van der Waals surface area contributed by atoms with E-state index in [2.05, 4.69) is 16.1 Å². The van der Waals surface area contributed by atoms with E-state index in [0.717, 1.165) is 17.5 Å². The van der Waals surface area contributed by atoms with Crippen molar-refractivity contribution in [1.82, 2.24) is 4.90 Å². The Bertz CT molecular complexity index is 1010. The maximum atomic E-state index is 13.6. The van der Waals surface area contributed by atoms with Crippen molar-refractivity contribution in [3.05, 3.63) is 81.5 Å². The summed E-state index contributed by atoms with van der Waals surface area (Å²) in [5.41, 5.74) is 12.0. The first-order chi connectivity index (χ1) is 15.5. The average molecular weight is 439 g/mol. The number of fused-ring (bicyclic) bond motifs is 1. The zero-order chi connectivity index (χ0) is 22.7. The van der Waals surface area contributed by atoms with Crippen LogP contribution in [0.5, 0.6) is 0 Å². The van der Waals surface area contributed by atoms with Crippen LogP contribution in [0.2, 0.25) is 0 Å². The minimum atomic E-state index is -0.731. The molecule has 1 saturated heterocycles. The minimum absolute atomic E-state index is 0.0475. The van der Waals surface area contributed by atoms with E-state index < -0.39 is 12.1 Å². The number of amides is 1. The Hall–Kier alpha value is -2.93. The van der Waals surface area contributed by atoms with Gasteiger partial charge in [0.15, 0.2) is 0 Å². The maximum absolute atomic E-state index is 13.6. The second-order valence-electron chi connectivity index (χ2n) is 8.49. The van der Waals surface area contributed by atoms with Crippen molar-refractivity contribution in [3.8, 4) is 0 Å². The first-order valence-electron chi connectivity index (χ1n) is 10.9. The van der Waals surface area contributed by atoms with Gasteiger partial charge in [-0.2, -0.15) is 0 Å². The fourth-order valence-electron chi connectivity index (χ4n) is 4.59. The second-order valence-corrected chi connectivity index (χ2v) is 8.49. The smallest absolute Gasteiger partial charge is 0.252 e. The Morgan fingerprint density at radius 3 is 2.72 bits per heavy atom. The van der Waals surface area contributed by atoms with E-state index in [1.54, 1.807) is 17.0 Å². The highest BCUT2D eigenvalue weighted by atomic mass is 19.1. The molecule has 0 spiro atoms. The van der Waals surface area contributed by atoms with Gasteiger partial charge in [0.1, 0.15) is 11.9 Å². The van der Waals surface area contributed by atoms with Gasteiger partial charge in [-0.3, -0.25) is 4.79 Å². The lowest BCUT2D eigenvalue weighted by Gasteiger charge is -2.41. The summed E-state index contributed by atoms with van der Waals surface area (Å²) in [6.45, 7) is 4.52. The molecule has 0 unspecified atom stereocenters. The van der Waals surface area contributed by atoms with Crippen LogP contribution >= 0.6 is 0 Å². The van der Waals surface area contributed by atoms with Gasteiger partial charge in [0, 0.05) is 11.5 Å². The molecule has 7 nitrogen and oxygen atoms in total. The number of hydrogen-bond donors (Lipinski definition) is 0. The molecule has 0 N–H and O–H groups in total. The minimum Gasteiger partial charge on any atom is -0.373 e. The van der Waals surface area contributed by atoms with Gasteiger partial charge in [-0.05, 0) is 61.0 Å². The molecule has 2 aliphatic heterocycles. The van der Waals surface area contributed by atoms with E-state index in [4.69, 9.17) is 15.0 Å². The van der Waals surface area contributed by atoms with E-state index in [1.165, 1.54) is 17.7 Å². The highest BCUT2D eigenvalue weighted by molar-refractivity contribution is 5.82. The first-order valence-corrected chi connectivity index (χ1v) is 10.9. The molecule has 4 rings (SSSR count). The molecule has 8 heteroatoms. The van der Waals surface area contributed by atoms with E-state index >= 15 is 0 Å². The number of carbonyl (C=O) groups excluding carboxylic acids is 1. The summed E-state index contributed by atoms with van der Waals surface area (Å²) in [5.74, 6) is -0.477. The summed E-state index contributed by atoms with van der Waals surface area (Å²) >= 11 is 0. The number of ether oxygens (including phenoxy) is 2. The number of hydrogen-bond acceptors (Lipinski definition) is 4. The van der Waals surface area contributed by atoms with Crippen molar-refractivity contribution in [2.75, 3.05) is 13.2 Å². The standard InChI is InChI=1S/C24H27FN4O3/c1-15(2)32-22-14-31-21(13-20(22)27-28-26)24(30)29-12-11-16-5-3-4-6-19(16)23(29)17-7-9-18(25)10-8-17/h3-10,15,20-23H,11-14H2,1-2H3/t20-,21+,22-,23-/m0/s1. The van der Waals surface area contributed by atoms with Crippen LogP contribution in [0.4, 0.5) is 4.39 Å². The van der Waals surface area contributed by atoms with Gasteiger partial charge in [0.2, 0.25) is 0 Å². The van der Waals surface area contributed by atoms with Gasteiger partial charge >= 0.3 is 0 Å². The van der Waals surface area contributed by atoms with Crippen LogP contribution in [-0.2, 0) is 20.7 Å². The van der Waals surface area contributed by atoms with E-state index in [-0.39, 0.29) is 43.0 Å². The van der Waals surface area contributed by atoms with Gasteiger partial charge in [-0.25, -0.2) is 4.39 Å². The van der Waals surface area contributed by atoms with Crippen LogP contribution in [0, 0.1) is 5.82 Å². The summed E-state index contributed by atoms with van der Waals surface area (Å²) < 4.78 is 25.3. The summed E-state index contributed by atoms with van der Waals surface area (Å²) in [5, 5.41) is 3.88. The van der Waals surface area contributed by atoms with Crippen molar-refractivity contribution in [3.63, 3.8) is 0 Å². The van der Waals surface area contributed by atoms with E-state index in [1.807, 2.05) is 32.0 Å². The Balaban J connectivity index is 1.62. The zero-order valence-electron chi connectivity index (χ0n) is 18.2. The van der Waals surface area contributed by atoms with Crippen molar-refractivity contribution < 1.29 is 18.7 Å². The molecule has 2 aromatic rings. The summed E-state index contributed by atoms with van der Waals surface area (Å²) in [4.78, 5) is 18.4. The predicted molar refractivity (Wildman–Crippen MR) is 117 cm³/mol. The molecule has 1 amide bonds. The normalized spacial score (nSPS) is 25.2. The molecule has 2 aromatic carbocycles. The molecular weight excluding hydrogens is 411 g/mol. The van der Waals surface area contributed by atoms with Crippen molar-refractivity contribution in [1.29, 1.82) is 0 Å². The average Bonchev–Trinajstić information content (AvgIpc) is 2.79. The monoisotopic (exact) mass is 438 g/mol. The molecule has 0 radical (unpaired) electrons. The largest absolute Gasteiger partial charge is 0.373 e. The quantitative estimate of drug-likeness (QED) is 0.389. The molecule has 0 aliphatic carbocycles. The second kappa shape index (κ2) is 9.69. The SMILES string of the molecule is CC(C)O[C@H]1CO[C@@H](C(=O)N2CCc3ccccc3[C@@H]2c2ccc(F)cc2)C[C@@H]1N=[N+]=[N-]. The maximum Gasteiger partial charge on any atom is 0.252 e. The third kappa shape index (κ3) is 4.63. The van der Waals surface area contributed by atoms with Crippen LogP contribution in [0.15, 0.2) is 53.6 Å². The van der Waals surface area contributed by atoms with Crippen LogP contribution in [-0.4, -0.2) is 48.3 Å². The number of azide groups is 1. The highest BCUT2D eigenvalue weighted by Crippen LogP contribution is 2.36. The van der Waals surface area contributed by atoms with Crippen LogP contribution in [0.3, 0.4) is 0 Å². The Morgan fingerprint density at radius 1 is 1.25 bits per heavy atom. The lowest BCUT2D eigenvalue weighted by molar-refractivity contribution is -0.160. The van der Waals surface area contributed by atoms with Crippen molar-refractivity contribution in [2.24, 2.45) is 5.11 Å². The summed E-state index contributed by atoms with van der Waals surface area (Å²) in [7, 11) is 0. The third-order valence-corrected chi connectivity index (χ3v) is 6.02. The fraction of sp³-hybridized carbons (Fsp3) is 0.458. The van der Waals surface area contributed by atoms with Crippen molar-refractivity contribution >= 4 is 5.91 Å². The molecular formula is C24H27FN4O3. The molecule has 2 heterocycles. The molecule has 0 saturated carbocycles. The molecule has 0 aromatic heterocycles. The van der Waals surface area contributed by atoms with Crippen LogP contribution in [0.1, 0.15) is 43.0 Å². The molecule has 0 bridgehead atoms. The summed E-state index contributed by atoms with van der Waals surface area (Å²) in [6.07, 6.45) is -0.177. The van der Waals surface area contributed by atoms with Crippen LogP contribution in [0.25, 0.3) is 10.4 Å². The lowest BCUT2D eigenvalue weighted by atomic mass is 9.87. The lowest BCUT2D eigenvalue weighted by Crippen LogP contribution is -2.52. The molecule has 4 atom stereocenters. The van der Waals surface area contributed by atoms with E-state index in [9.17, 15) is 9.18 Å². The number of halogens is 1. The van der Waals surface area contributed by atoms with Gasteiger partial charge in [-0.15, -0.1) is 0 Å². The highest BCUT2D eigenvalue weighted by Gasteiger charge is 2.40. The first kappa shape index (κ1) is 22.3. The van der Waals surface area contributed by atoms with Gasteiger partial charge in [0.05, 0.1) is 30.9 Å². The topological polar surface area (TPSA) is 87.5 Å². The van der Waals surface area contributed by atoms with Gasteiger partial charge in [0.25, 0.3) is 5.91 Å². The fourth-order valence-corrected chi connectivity index (χ4v) is 4.59. The number of carbonyl (C=O) groups is 1. The number of rotatable bonds is 5. The van der Waals surface area contributed by atoms with Gasteiger partial charge in [-0.1, -0.05) is 41.5 Å². The molecule has 1 fully saturated rings. The Labute approximate surface area is 186 Å². The number of benzene rings is 2. The number of nitrogens with zero attached hydrogens (tertiary/aromatic N) is 4. The zero-order valence-corrected chi connectivity index (χ0v) is 18.2. The molecule has 2 aliphatic rings. The Morgan fingerprint density at radius 2 is 2.00 bits per heavy atom. The molecule has 32 heavy (non-hydrogen) atoms. The third-order valence-electron chi connectivity index (χ3n) is 6.02.